The van der Waals surface area contributed by atoms with Crippen molar-refractivity contribution in [1.29, 1.82) is 5.26 Å². The first-order valence-corrected chi connectivity index (χ1v) is 1.90. The van der Waals surface area contributed by atoms with Gasteiger partial charge in [-0.25, -0.2) is 0 Å². The Morgan fingerprint density at radius 2 is 2.14 bits per heavy atom. The summed E-state index contributed by atoms with van der Waals surface area (Å²) in [6.07, 6.45) is 1.15. The van der Waals surface area contributed by atoms with Gasteiger partial charge in [-0.05, 0) is 0 Å². The molecule has 0 unspecified atom stereocenters. The van der Waals surface area contributed by atoms with Crippen molar-refractivity contribution in [3.05, 3.63) is 0 Å². The number of rotatable bonds is 1. The monoisotopic (exact) mass is 101 g/mol. The molecule has 0 heterocycles. The third kappa shape index (κ3) is 47.2. The van der Waals surface area contributed by atoms with Crippen LogP contribution in [0.1, 0.15) is 13.8 Å². The van der Waals surface area contributed by atoms with Crippen molar-refractivity contribution in [2.45, 2.75) is 13.8 Å². The van der Waals surface area contributed by atoms with E-state index in [2.05, 4.69) is 4.74 Å². The number of ether oxygens (including phenoxy) is 1. The summed E-state index contributed by atoms with van der Waals surface area (Å²) in [7, 11) is 0. The maximum Gasteiger partial charge on any atom is 0.309 e. The molecule has 0 spiro atoms. The zero-order valence-electron chi connectivity index (χ0n) is 4.34. The second kappa shape index (κ2) is 20.2. The average Bonchev–Trinajstić information content (AvgIpc) is 1.75. The Bertz CT molecular complexity index is 64.6. The normalized spacial score (nSPS) is 4.14. The predicted molar refractivity (Wildman–Crippen MR) is 24.1 cm³/mol. The lowest BCUT2D eigenvalue weighted by Crippen LogP contribution is -1.68. The Morgan fingerprint density at radius 1 is 1.71 bits per heavy atom. The minimum absolute atomic E-state index is 0.0694. The number of nitrogens with zero attached hydrogens (tertiary/aromatic N) is 1. The van der Waals surface area contributed by atoms with Gasteiger partial charge in [0, 0.05) is 0 Å². The lowest BCUT2D eigenvalue weighted by Gasteiger charge is -1.60. The van der Waals surface area contributed by atoms with Crippen LogP contribution in [0.4, 0.5) is 0 Å². The Hall–Kier alpha value is -1.04. The Labute approximate surface area is 42.5 Å². The molecule has 0 atom stereocenters. The van der Waals surface area contributed by atoms with Crippen molar-refractivity contribution in [3.8, 4) is 6.26 Å². The second-order valence-corrected chi connectivity index (χ2v) is 0.305. The van der Waals surface area contributed by atoms with Gasteiger partial charge in [-0.2, -0.15) is 0 Å². The van der Waals surface area contributed by atoms with Crippen LogP contribution in [0, 0.1) is 11.5 Å². The largest absolute Gasteiger partial charge is 0.354 e. The molecule has 0 aromatic heterocycles. The van der Waals surface area contributed by atoms with Gasteiger partial charge >= 0.3 is 6.47 Å². The zero-order chi connectivity index (χ0) is 6.12. The lowest BCUT2D eigenvalue weighted by molar-refractivity contribution is -0.122. The molecule has 0 rings (SSSR count). The van der Waals surface area contributed by atoms with Crippen molar-refractivity contribution >= 4 is 6.47 Å². The molecule has 0 aromatic rings. The van der Waals surface area contributed by atoms with E-state index in [1.807, 2.05) is 13.8 Å². The Morgan fingerprint density at radius 3 is 2.14 bits per heavy atom. The quantitative estimate of drug-likeness (QED) is 0.360. The SMILES string of the molecule is CC.N#COC=O. The summed E-state index contributed by atoms with van der Waals surface area (Å²) in [5.41, 5.74) is 0. The standard InChI is InChI=1S/C2HNO2.C2H6/c3-1-5-2-4;1-2/h2H;1-2H3. The van der Waals surface area contributed by atoms with Gasteiger partial charge in [0.05, 0.1) is 0 Å². The lowest BCUT2D eigenvalue weighted by atomic mass is 11.0. The Balaban J connectivity index is 0. The van der Waals surface area contributed by atoms with Crippen LogP contribution in [-0.4, -0.2) is 6.47 Å². The van der Waals surface area contributed by atoms with Crippen molar-refractivity contribution < 1.29 is 9.53 Å². The molecule has 0 amide bonds. The molecule has 0 fully saturated rings. The van der Waals surface area contributed by atoms with Crippen molar-refractivity contribution in [3.63, 3.8) is 0 Å². The fourth-order valence-corrected chi connectivity index (χ4v) is 0.0215. The highest BCUT2D eigenvalue weighted by Gasteiger charge is 1.58. The molecule has 0 aliphatic carbocycles. The first-order chi connectivity index (χ1) is 3.41. The van der Waals surface area contributed by atoms with Crippen LogP contribution in [0.15, 0.2) is 0 Å². The highest BCUT2D eigenvalue weighted by Crippen LogP contribution is 1.46. The molecule has 3 heteroatoms. The van der Waals surface area contributed by atoms with E-state index in [-0.39, 0.29) is 6.47 Å². The minimum Gasteiger partial charge on any atom is -0.354 e. The van der Waals surface area contributed by atoms with Crippen LogP contribution in [0.2, 0.25) is 0 Å². The first-order valence-electron chi connectivity index (χ1n) is 1.90. The van der Waals surface area contributed by atoms with Gasteiger partial charge in [-0.1, -0.05) is 13.8 Å². The fourth-order valence-electron chi connectivity index (χ4n) is 0.0215. The summed E-state index contributed by atoms with van der Waals surface area (Å²) < 4.78 is 3.46. The molecule has 0 N–H and O–H groups in total. The van der Waals surface area contributed by atoms with Gasteiger partial charge in [-0.15, -0.1) is 5.26 Å². The van der Waals surface area contributed by atoms with Crippen LogP contribution in [0.3, 0.4) is 0 Å². The third-order valence-electron chi connectivity index (χ3n) is 0.101. The van der Waals surface area contributed by atoms with E-state index in [1.165, 1.54) is 0 Å². The molecule has 0 saturated carbocycles. The van der Waals surface area contributed by atoms with Crippen molar-refractivity contribution in [2.75, 3.05) is 0 Å². The summed E-state index contributed by atoms with van der Waals surface area (Å²) in [6.45, 7) is 4.07. The minimum atomic E-state index is 0.0694. The number of hydrogen-bond acceptors (Lipinski definition) is 3. The van der Waals surface area contributed by atoms with Crippen LogP contribution < -0.4 is 0 Å². The Kier molecular flexibility index (Phi) is 27.0. The van der Waals surface area contributed by atoms with Crippen LogP contribution in [0.25, 0.3) is 0 Å². The van der Waals surface area contributed by atoms with Gasteiger partial charge < -0.3 is 4.74 Å². The molecule has 0 aliphatic heterocycles. The number of carbonyl (C=O) groups is 1. The van der Waals surface area contributed by atoms with E-state index >= 15 is 0 Å². The van der Waals surface area contributed by atoms with Gasteiger partial charge in [0.1, 0.15) is 0 Å². The molecule has 0 aliphatic rings. The zero-order valence-corrected chi connectivity index (χ0v) is 4.34. The van der Waals surface area contributed by atoms with Crippen LogP contribution in [0.5, 0.6) is 0 Å². The molecule has 0 saturated heterocycles. The van der Waals surface area contributed by atoms with Crippen molar-refractivity contribution in [1.82, 2.24) is 0 Å². The van der Waals surface area contributed by atoms with Gasteiger partial charge in [0.2, 0.25) is 0 Å². The van der Waals surface area contributed by atoms with Crippen molar-refractivity contribution in [2.24, 2.45) is 0 Å². The van der Waals surface area contributed by atoms with Gasteiger partial charge in [0.25, 0.3) is 6.26 Å². The molecule has 0 bridgehead atoms. The average molecular weight is 101 g/mol. The molecule has 3 nitrogen and oxygen atoms in total. The first kappa shape index (κ1) is 9.35. The fraction of sp³-hybridized carbons (Fsp3) is 0.500. The van der Waals surface area contributed by atoms with E-state index in [0.717, 1.165) is 6.26 Å². The van der Waals surface area contributed by atoms with E-state index in [0.29, 0.717) is 0 Å². The predicted octanol–water partition coefficient (Wildman–Crippen LogP) is 0.667. The highest BCUT2D eigenvalue weighted by molar-refractivity contribution is 5.38. The maximum atomic E-state index is 8.96. The summed E-state index contributed by atoms with van der Waals surface area (Å²) in [4.78, 5) is 8.96. The topological polar surface area (TPSA) is 50.1 Å². The third-order valence-corrected chi connectivity index (χ3v) is 0.101. The van der Waals surface area contributed by atoms with E-state index in [1.54, 1.807) is 0 Å². The molecular formula is C4H7NO2. The van der Waals surface area contributed by atoms with Gasteiger partial charge in [0.15, 0.2) is 0 Å². The number of carbonyl (C=O) groups excluding carboxylic acids is 1. The summed E-state index contributed by atoms with van der Waals surface area (Å²) in [5, 5.41) is 7.36. The molecule has 0 aromatic carbocycles. The smallest absolute Gasteiger partial charge is 0.309 e. The maximum absolute atomic E-state index is 8.96. The molecular weight excluding hydrogens is 94.0 g/mol. The van der Waals surface area contributed by atoms with E-state index < -0.39 is 0 Å². The van der Waals surface area contributed by atoms with Crippen LogP contribution in [-0.2, 0) is 9.53 Å². The highest BCUT2D eigenvalue weighted by atomic mass is 16.5. The van der Waals surface area contributed by atoms with Gasteiger partial charge in [-0.3, -0.25) is 4.79 Å². The molecule has 7 heavy (non-hydrogen) atoms. The summed E-state index contributed by atoms with van der Waals surface area (Å²) in [6, 6.07) is 0. The number of nitriles is 1. The number of hydrogen-bond donors (Lipinski definition) is 0. The summed E-state index contributed by atoms with van der Waals surface area (Å²) >= 11 is 0. The van der Waals surface area contributed by atoms with E-state index in [9.17, 15) is 0 Å². The van der Waals surface area contributed by atoms with Crippen LogP contribution >= 0.6 is 0 Å². The summed E-state index contributed by atoms with van der Waals surface area (Å²) in [5.74, 6) is 0. The van der Waals surface area contributed by atoms with E-state index in [4.69, 9.17) is 10.1 Å². The molecule has 40 valence electrons. The molecule has 0 radical (unpaired) electrons. The second-order valence-electron chi connectivity index (χ2n) is 0.305.